The smallest absolute Gasteiger partial charge is 0.333 e. The Labute approximate surface area is 243 Å². The largest absolute Gasteiger partial charge is 0.440 e. The summed E-state index contributed by atoms with van der Waals surface area (Å²) in [5, 5.41) is 0. The number of nitrogens with one attached hydrogen (secondary N) is 2. The molecule has 1 aliphatic rings. The summed E-state index contributed by atoms with van der Waals surface area (Å²) in [6, 6.07) is 11.8. The van der Waals surface area contributed by atoms with E-state index in [0.29, 0.717) is 41.3 Å². The molecule has 1 fully saturated rings. The molecule has 0 radical (unpaired) electrons. The third-order valence-corrected chi connectivity index (χ3v) is 6.98. The van der Waals surface area contributed by atoms with E-state index >= 15 is 0 Å². The van der Waals surface area contributed by atoms with Crippen LogP contribution in [0.2, 0.25) is 0 Å². The topological polar surface area (TPSA) is 128 Å². The summed E-state index contributed by atoms with van der Waals surface area (Å²) in [4.78, 5) is 52.6. The highest BCUT2D eigenvalue weighted by Crippen LogP contribution is 2.38. The summed E-state index contributed by atoms with van der Waals surface area (Å²) in [6.45, 7) is 11.7. The Bertz CT molecular complexity index is 1820. The van der Waals surface area contributed by atoms with Gasteiger partial charge in [-0.05, 0) is 99.9 Å². The quantitative estimate of drug-likeness (QED) is 0.324. The van der Waals surface area contributed by atoms with Gasteiger partial charge in [0.15, 0.2) is 0 Å². The maximum absolute atomic E-state index is 12.5. The number of benzene rings is 2. The van der Waals surface area contributed by atoms with Crippen LogP contribution >= 0.6 is 0 Å². The summed E-state index contributed by atoms with van der Waals surface area (Å²) in [5.41, 5.74) is 3.72. The summed E-state index contributed by atoms with van der Waals surface area (Å²) in [5.74, 6) is 1.89. The van der Waals surface area contributed by atoms with E-state index in [9.17, 15) is 19.2 Å². The van der Waals surface area contributed by atoms with Crippen molar-refractivity contribution in [2.45, 2.75) is 73.3 Å². The number of aryl methyl sites for hydroxylation is 4. The summed E-state index contributed by atoms with van der Waals surface area (Å²) in [7, 11) is 1.53. The lowest BCUT2D eigenvalue weighted by molar-refractivity contribution is 0.399. The van der Waals surface area contributed by atoms with Gasteiger partial charge >= 0.3 is 11.4 Å². The Morgan fingerprint density at radius 1 is 0.738 bits per heavy atom. The molecule has 2 aromatic carbocycles. The van der Waals surface area contributed by atoms with Crippen LogP contribution in [0.3, 0.4) is 0 Å². The predicted octanol–water partition coefficient (Wildman–Crippen LogP) is 4.89. The average molecular weight is 575 g/mol. The van der Waals surface area contributed by atoms with Crippen LogP contribution in [0.1, 0.15) is 66.1 Å². The first-order valence-corrected chi connectivity index (χ1v) is 14.1. The second kappa shape index (κ2) is 12.5. The highest BCUT2D eigenvalue weighted by molar-refractivity contribution is 5.38. The molecular formula is C32H38N4O6. The van der Waals surface area contributed by atoms with Gasteiger partial charge < -0.3 is 9.47 Å². The first-order chi connectivity index (χ1) is 19.9. The monoisotopic (exact) mass is 574 g/mol. The van der Waals surface area contributed by atoms with E-state index in [1.807, 2.05) is 71.9 Å². The Morgan fingerprint density at radius 2 is 1.24 bits per heavy atom. The van der Waals surface area contributed by atoms with Crippen LogP contribution < -0.4 is 32.0 Å². The van der Waals surface area contributed by atoms with E-state index < -0.39 is 11.2 Å². The standard InChI is InChI=1S/C18H22N2O3.C14H16N2O3/c1-5-15-16(21)19(4)18(22)20(13-6-7-13)17(15)23-14-9-11(2)8-12(3)10-14;1-4-11-12(17)15-14(18)16-13(11)19-10-6-8(2)5-9(3)7-10/h8-10,13H,5-7H2,1-4H3;5-7H,4H2,1-3H3,(H2,15,16,17,18). The molecule has 0 atom stereocenters. The van der Waals surface area contributed by atoms with Gasteiger partial charge in [0.1, 0.15) is 11.5 Å². The summed E-state index contributed by atoms with van der Waals surface area (Å²) >= 11 is 0. The van der Waals surface area contributed by atoms with Crippen LogP contribution in [0, 0.1) is 27.7 Å². The second-order valence-electron chi connectivity index (χ2n) is 10.8. The normalized spacial score (nSPS) is 12.5. The summed E-state index contributed by atoms with van der Waals surface area (Å²) in [6.07, 6.45) is 2.90. The number of hydrogen-bond donors (Lipinski definition) is 2. The van der Waals surface area contributed by atoms with Gasteiger partial charge in [0.25, 0.3) is 11.1 Å². The van der Waals surface area contributed by atoms with E-state index in [4.69, 9.17) is 9.47 Å². The number of aromatic amines is 2. The van der Waals surface area contributed by atoms with Gasteiger partial charge in [0.2, 0.25) is 11.8 Å². The Morgan fingerprint density at radius 3 is 1.71 bits per heavy atom. The van der Waals surface area contributed by atoms with Crippen molar-refractivity contribution >= 4 is 0 Å². The zero-order valence-electron chi connectivity index (χ0n) is 25.2. The minimum Gasteiger partial charge on any atom is -0.440 e. The molecule has 222 valence electrons. The van der Waals surface area contributed by atoms with E-state index in [0.717, 1.165) is 35.1 Å². The first kappa shape index (κ1) is 30.4. The van der Waals surface area contributed by atoms with Crippen LogP contribution in [0.15, 0.2) is 55.6 Å². The van der Waals surface area contributed by atoms with Gasteiger partial charge in [-0.3, -0.25) is 28.7 Å². The fraction of sp³-hybridized carbons (Fsp3) is 0.375. The summed E-state index contributed by atoms with van der Waals surface area (Å²) < 4.78 is 14.5. The van der Waals surface area contributed by atoms with Crippen molar-refractivity contribution in [3.63, 3.8) is 0 Å². The van der Waals surface area contributed by atoms with Crippen molar-refractivity contribution in [1.82, 2.24) is 19.1 Å². The minimum absolute atomic E-state index is 0.139. The minimum atomic E-state index is -0.568. The predicted molar refractivity (Wildman–Crippen MR) is 163 cm³/mol. The van der Waals surface area contributed by atoms with E-state index in [2.05, 4.69) is 16.0 Å². The number of hydrogen-bond acceptors (Lipinski definition) is 6. The number of ether oxygens (including phenoxy) is 2. The number of H-pyrrole nitrogens is 2. The van der Waals surface area contributed by atoms with E-state index in [1.165, 1.54) is 11.6 Å². The zero-order chi connectivity index (χ0) is 30.7. The maximum atomic E-state index is 12.5. The van der Waals surface area contributed by atoms with Gasteiger partial charge in [-0.2, -0.15) is 0 Å². The van der Waals surface area contributed by atoms with Crippen molar-refractivity contribution in [3.05, 3.63) is 111 Å². The van der Waals surface area contributed by atoms with Gasteiger partial charge in [-0.1, -0.05) is 26.0 Å². The third kappa shape index (κ3) is 6.82. The molecule has 42 heavy (non-hydrogen) atoms. The van der Waals surface area contributed by atoms with Crippen molar-refractivity contribution in [1.29, 1.82) is 0 Å². The molecule has 0 bridgehead atoms. The van der Waals surface area contributed by atoms with Crippen molar-refractivity contribution in [2.24, 2.45) is 7.05 Å². The molecule has 2 aromatic heterocycles. The maximum Gasteiger partial charge on any atom is 0.333 e. The van der Waals surface area contributed by atoms with Crippen LogP contribution in [-0.4, -0.2) is 19.1 Å². The van der Waals surface area contributed by atoms with Gasteiger partial charge in [0.05, 0.1) is 11.1 Å². The SMILES string of the molecule is CCc1c(Oc2cc(C)cc(C)c2)[nH]c(=O)[nH]c1=O.CCc1c(Oc2cc(C)cc(C)c2)n(C2CC2)c(=O)n(C)c1=O. The van der Waals surface area contributed by atoms with Crippen LogP contribution in [-0.2, 0) is 19.9 Å². The fourth-order valence-corrected chi connectivity index (χ4v) is 4.96. The Kier molecular flexibility index (Phi) is 9.04. The van der Waals surface area contributed by atoms with Crippen molar-refractivity contribution in [3.8, 4) is 23.3 Å². The highest BCUT2D eigenvalue weighted by atomic mass is 16.5. The molecule has 2 heterocycles. The molecular weight excluding hydrogens is 536 g/mol. The van der Waals surface area contributed by atoms with Crippen LogP contribution in [0.5, 0.6) is 23.3 Å². The molecule has 1 saturated carbocycles. The number of nitrogens with zero attached hydrogens (tertiary/aromatic N) is 2. The lowest BCUT2D eigenvalue weighted by Crippen LogP contribution is -2.40. The molecule has 0 unspecified atom stereocenters. The fourth-order valence-electron chi connectivity index (χ4n) is 4.96. The first-order valence-electron chi connectivity index (χ1n) is 14.1. The lowest BCUT2D eigenvalue weighted by atomic mass is 10.1. The second-order valence-corrected chi connectivity index (χ2v) is 10.8. The third-order valence-electron chi connectivity index (χ3n) is 6.98. The molecule has 0 spiro atoms. The van der Waals surface area contributed by atoms with Crippen LogP contribution in [0.25, 0.3) is 0 Å². The highest BCUT2D eigenvalue weighted by Gasteiger charge is 2.31. The zero-order valence-corrected chi connectivity index (χ0v) is 25.2. The molecule has 5 rings (SSSR count). The van der Waals surface area contributed by atoms with E-state index in [1.54, 1.807) is 4.57 Å². The molecule has 0 saturated heterocycles. The average Bonchev–Trinajstić information content (AvgIpc) is 3.72. The lowest BCUT2D eigenvalue weighted by Gasteiger charge is -2.18. The van der Waals surface area contributed by atoms with Crippen molar-refractivity contribution < 1.29 is 9.47 Å². The van der Waals surface area contributed by atoms with Gasteiger partial charge in [-0.15, -0.1) is 0 Å². The molecule has 1 aliphatic carbocycles. The van der Waals surface area contributed by atoms with Crippen LogP contribution in [0.4, 0.5) is 0 Å². The Balaban J connectivity index is 0.000000197. The van der Waals surface area contributed by atoms with Gasteiger partial charge in [-0.25, -0.2) is 9.59 Å². The van der Waals surface area contributed by atoms with Crippen molar-refractivity contribution in [2.75, 3.05) is 0 Å². The molecule has 10 nitrogen and oxygen atoms in total. The number of rotatable bonds is 7. The number of aromatic nitrogens is 4. The molecule has 0 amide bonds. The Hall–Kier alpha value is -4.60. The molecule has 2 N–H and O–H groups in total. The van der Waals surface area contributed by atoms with Gasteiger partial charge in [0, 0.05) is 13.1 Å². The molecule has 10 heteroatoms. The van der Waals surface area contributed by atoms with E-state index in [-0.39, 0.29) is 23.2 Å². The molecule has 0 aliphatic heterocycles. The molecule has 4 aromatic rings.